The van der Waals surface area contributed by atoms with E-state index in [-0.39, 0.29) is 0 Å². The molecular weight excluding hydrogens is 388 g/mol. The number of nitrogens with zero attached hydrogens (tertiary/aromatic N) is 1. The Hall–Kier alpha value is -2.67. The Morgan fingerprint density at radius 3 is 2.60 bits per heavy atom. The summed E-state index contributed by atoms with van der Waals surface area (Å²) < 4.78 is 11.1. The number of rotatable bonds is 5. The zero-order valence-electron chi connectivity index (χ0n) is 14.0. The Labute approximate surface area is 154 Å². The first-order chi connectivity index (χ1) is 11.9. The highest BCUT2D eigenvalue weighted by Gasteiger charge is 2.11. The average molecular weight is 405 g/mol. The monoisotopic (exact) mass is 404 g/mol. The van der Waals surface area contributed by atoms with Gasteiger partial charge in [0, 0.05) is 17.0 Å². The van der Waals surface area contributed by atoms with Crippen molar-refractivity contribution in [3.63, 3.8) is 0 Å². The summed E-state index contributed by atoms with van der Waals surface area (Å²) in [7, 11) is 1.50. The maximum absolute atomic E-state index is 12.3. The molecule has 2 aromatic carbocycles. The Balaban J connectivity index is 2.17. The number of benzene rings is 2. The van der Waals surface area contributed by atoms with E-state index in [9.17, 15) is 9.59 Å². The quantitative estimate of drug-likeness (QED) is 0.358. The van der Waals surface area contributed by atoms with Crippen LogP contribution >= 0.6 is 15.9 Å². The molecule has 0 saturated carbocycles. The van der Waals surface area contributed by atoms with Crippen molar-refractivity contribution < 1.29 is 19.1 Å². The molecule has 0 unspecified atom stereocenters. The van der Waals surface area contributed by atoms with Crippen LogP contribution in [0.25, 0.3) is 0 Å². The van der Waals surface area contributed by atoms with Crippen molar-refractivity contribution in [3.8, 4) is 11.5 Å². The fraction of sp³-hybridized carbons (Fsp3) is 0.167. The van der Waals surface area contributed by atoms with E-state index in [0.29, 0.717) is 22.6 Å². The zero-order valence-corrected chi connectivity index (χ0v) is 15.6. The number of hydrogen-bond donors (Lipinski definition) is 1. The molecule has 0 aliphatic rings. The Kier molecular flexibility index (Phi) is 6.30. The number of nitrogens with one attached hydrogen (secondary N) is 1. The highest BCUT2D eigenvalue weighted by atomic mass is 79.9. The Morgan fingerprint density at radius 2 is 1.92 bits per heavy atom. The molecule has 0 heterocycles. The molecule has 2 aromatic rings. The summed E-state index contributed by atoms with van der Waals surface area (Å²) in [6.07, 6.45) is 1.40. The second-order valence-corrected chi connectivity index (χ2v) is 6.09. The van der Waals surface area contributed by atoms with E-state index < -0.39 is 11.9 Å². The molecule has 1 N–H and O–H groups in total. The second-order valence-electron chi connectivity index (χ2n) is 5.18. The van der Waals surface area contributed by atoms with Gasteiger partial charge in [0.15, 0.2) is 0 Å². The number of halogens is 1. The fourth-order valence-electron chi connectivity index (χ4n) is 2.07. The lowest BCUT2D eigenvalue weighted by molar-refractivity contribution is -0.131. The number of aryl methyl sites for hydroxylation is 1. The normalized spacial score (nSPS) is 10.6. The van der Waals surface area contributed by atoms with Crippen molar-refractivity contribution in [1.82, 2.24) is 5.43 Å². The van der Waals surface area contributed by atoms with Crippen LogP contribution in [0, 0.1) is 6.92 Å². The molecule has 0 fully saturated rings. The third kappa shape index (κ3) is 5.15. The van der Waals surface area contributed by atoms with Crippen LogP contribution in [0.3, 0.4) is 0 Å². The first-order valence-electron chi connectivity index (χ1n) is 7.36. The van der Waals surface area contributed by atoms with Crippen LogP contribution in [0.15, 0.2) is 46.0 Å². The number of carbonyl (C=O) groups excluding carboxylic acids is 2. The second kappa shape index (κ2) is 8.43. The maximum Gasteiger partial charge on any atom is 0.308 e. The number of hydrogen-bond acceptors (Lipinski definition) is 5. The Morgan fingerprint density at radius 1 is 1.16 bits per heavy atom. The van der Waals surface area contributed by atoms with E-state index in [4.69, 9.17) is 9.47 Å². The molecule has 0 aliphatic carbocycles. The van der Waals surface area contributed by atoms with Gasteiger partial charge in [-0.25, -0.2) is 5.43 Å². The minimum atomic E-state index is -0.439. The summed E-state index contributed by atoms with van der Waals surface area (Å²) in [5.41, 5.74) is 4.34. The molecule has 7 heteroatoms. The SMILES string of the molecule is COc1cc(C)ccc1C(=O)N/N=C\c1cc(Br)ccc1OC(C)=O. The molecule has 0 atom stereocenters. The average Bonchev–Trinajstić information content (AvgIpc) is 2.56. The van der Waals surface area contributed by atoms with Crippen LogP contribution in [0.5, 0.6) is 11.5 Å². The Bertz CT molecular complexity index is 834. The standard InChI is InChI=1S/C18H17BrN2O4/c1-11-4-6-15(17(8-11)24-3)18(23)21-20-10-13-9-14(19)5-7-16(13)25-12(2)22/h4-10H,1-3H3,(H,21,23)/b20-10-. The molecule has 1 amide bonds. The third-order valence-corrected chi connectivity index (χ3v) is 3.69. The summed E-state index contributed by atoms with van der Waals surface area (Å²) in [5.74, 6) is -0.0279. The molecular formula is C18H17BrN2O4. The number of carbonyl (C=O) groups is 2. The van der Waals surface area contributed by atoms with Crippen LogP contribution in [0.2, 0.25) is 0 Å². The van der Waals surface area contributed by atoms with Gasteiger partial charge in [-0.3, -0.25) is 9.59 Å². The molecule has 2 rings (SSSR count). The van der Waals surface area contributed by atoms with Gasteiger partial charge in [-0.05, 0) is 42.8 Å². The molecule has 0 aromatic heterocycles. The molecule has 0 aliphatic heterocycles. The molecule has 0 spiro atoms. The molecule has 25 heavy (non-hydrogen) atoms. The molecule has 130 valence electrons. The predicted octanol–water partition coefficient (Wildman–Crippen LogP) is 3.46. The summed E-state index contributed by atoms with van der Waals surface area (Å²) in [6, 6.07) is 10.4. The molecule has 0 saturated heterocycles. The van der Waals surface area contributed by atoms with Gasteiger partial charge < -0.3 is 9.47 Å². The highest BCUT2D eigenvalue weighted by Crippen LogP contribution is 2.22. The van der Waals surface area contributed by atoms with E-state index in [2.05, 4.69) is 26.5 Å². The van der Waals surface area contributed by atoms with Gasteiger partial charge in [0.25, 0.3) is 5.91 Å². The predicted molar refractivity (Wildman–Crippen MR) is 98.2 cm³/mol. The molecule has 0 bridgehead atoms. The first-order valence-corrected chi connectivity index (χ1v) is 8.16. The van der Waals surface area contributed by atoms with Crippen molar-refractivity contribution >= 4 is 34.0 Å². The topological polar surface area (TPSA) is 77.0 Å². The summed E-state index contributed by atoms with van der Waals surface area (Å²) in [6.45, 7) is 3.22. The van der Waals surface area contributed by atoms with Crippen LogP contribution in [0.4, 0.5) is 0 Å². The fourth-order valence-corrected chi connectivity index (χ4v) is 2.45. The number of hydrazone groups is 1. The number of amides is 1. The molecule has 0 radical (unpaired) electrons. The third-order valence-electron chi connectivity index (χ3n) is 3.20. The summed E-state index contributed by atoms with van der Waals surface area (Å²) in [5, 5.41) is 3.93. The lowest BCUT2D eigenvalue weighted by atomic mass is 10.1. The van der Waals surface area contributed by atoms with Gasteiger partial charge >= 0.3 is 5.97 Å². The minimum Gasteiger partial charge on any atom is -0.496 e. The number of methoxy groups -OCH3 is 1. The van der Waals surface area contributed by atoms with Gasteiger partial charge in [0.2, 0.25) is 0 Å². The largest absolute Gasteiger partial charge is 0.496 e. The van der Waals surface area contributed by atoms with Crippen molar-refractivity contribution in [2.75, 3.05) is 7.11 Å². The van der Waals surface area contributed by atoms with Gasteiger partial charge in [-0.1, -0.05) is 22.0 Å². The van der Waals surface area contributed by atoms with Crippen LogP contribution in [-0.2, 0) is 4.79 Å². The van der Waals surface area contributed by atoms with Crippen LogP contribution in [0.1, 0.15) is 28.4 Å². The smallest absolute Gasteiger partial charge is 0.308 e. The lowest BCUT2D eigenvalue weighted by Crippen LogP contribution is -2.18. The van der Waals surface area contributed by atoms with Crippen molar-refractivity contribution in [2.24, 2.45) is 5.10 Å². The minimum absolute atomic E-state index is 0.349. The highest BCUT2D eigenvalue weighted by molar-refractivity contribution is 9.10. The van der Waals surface area contributed by atoms with Crippen LogP contribution < -0.4 is 14.9 Å². The van der Waals surface area contributed by atoms with E-state index >= 15 is 0 Å². The summed E-state index contributed by atoms with van der Waals surface area (Å²) in [4.78, 5) is 23.4. The van der Waals surface area contributed by atoms with E-state index in [1.54, 1.807) is 30.3 Å². The first kappa shape index (κ1) is 18.7. The van der Waals surface area contributed by atoms with Gasteiger partial charge in [0.1, 0.15) is 11.5 Å². The van der Waals surface area contributed by atoms with E-state index in [1.807, 2.05) is 13.0 Å². The zero-order chi connectivity index (χ0) is 18.4. The van der Waals surface area contributed by atoms with Crippen molar-refractivity contribution in [1.29, 1.82) is 0 Å². The van der Waals surface area contributed by atoms with E-state index in [0.717, 1.165) is 10.0 Å². The maximum atomic E-state index is 12.3. The van der Waals surface area contributed by atoms with Crippen LogP contribution in [-0.4, -0.2) is 25.2 Å². The van der Waals surface area contributed by atoms with Crippen molar-refractivity contribution in [3.05, 3.63) is 57.6 Å². The lowest BCUT2D eigenvalue weighted by Gasteiger charge is -2.08. The van der Waals surface area contributed by atoms with Gasteiger partial charge in [-0.2, -0.15) is 5.10 Å². The van der Waals surface area contributed by atoms with Gasteiger partial charge in [-0.15, -0.1) is 0 Å². The number of ether oxygens (including phenoxy) is 2. The summed E-state index contributed by atoms with van der Waals surface area (Å²) >= 11 is 3.34. The van der Waals surface area contributed by atoms with Gasteiger partial charge in [0.05, 0.1) is 18.9 Å². The molecule has 6 nitrogen and oxygen atoms in total. The number of esters is 1. The van der Waals surface area contributed by atoms with E-state index in [1.165, 1.54) is 20.2 Å². The van der Waals surface area contributed by atoms with Crippen molar-refractivity contribution in [2.45, 2.75) is 13.8 Å².